The summed E-state index contributed by atoms with van der Waals surface area (Å²) in [7, 11) is -0.525. The minimum absolute atomic E-state index is 0.00546. The van der Waals surface area contributed by atoms with Gasteiger partial charge in [0.2, 0.25) is 11.8 Å². The van der Waals surface area contributed by atoms with Crippen LogP contribution in [0.25, 0.3) is 11.1 Å². The number of hydrogen-bond acceptors (Lipinski definition) is 10. The van der Waals surface area contributed by atoms with Crippen molar-refractivity contribution in [2.45, 2.75) is 129 Å². The van der Waals surface area contributed by atoms with E-state index < -0.39 is 60.3 Å². The monoisotopic (exact) mass is 820 g/mol. The quantitative estimate of drug-likeness (QED) is 0.0625. The maximum atomic E-state index is 13.8. The largest absolute Gasteiger partial charge is 0.461 e. The number of nitrogens with one attached hydrogen (secondary N) is 2. The van der Waals surface area contributed by atoms with E-state index in [9.17, 15) is 29.1 Å². The van der Waals surface area contributed by atoms with E-state index in [1.807, 2.05) is 19.1 Å². The standard InChI is InChI=1S/C44H62BClN4O8/c1-25(41(55)49-34(9-7-8-18-47)36(53)20-26(2)45-57-39-23-32-22-38(43(32,4)5)44(39,6)58-45)19-37(54)40(27(3)51)50-42(56)31(24-48)21-35(52)30-12-10-28(11-13-30)29-14-16-33(46)17-15-29/h10-17,25-27,31-32,34,38-40,51H,7-9,18-24,47-48H2,1-6H3,(H,49,55)(H,50,56)/t25-,26-,27-,31+,32+,34+,38+,39?,40+,44+/m1/s1. The number of hydrogen-bond donors (Lipinski definition) is 5. The van der Waals surface area contributed by atoms with Crippen LogP contribution in [0.15, 0.2) is 48.5 Å². The van der Waals surface area contributed by atoms with Crippen LogP contribution in [0, 0.1) is 29.1 Å². The minimum atomic E-state index is -1.35. The van der Waals surface area contributed by atoms with Gasteiger partial charge in [-0.05, 0) is 98.8 Å². The molecular formula is C44H62BClN4O8. The maximum Gasteiger partial charge on any atom is 0.461 e. The smallest absolute Gasteiger partial charge is 0.405 e. The molecule has 0 aromatic heterocycles. The molecular weight excluding hydrogens is 759 g/mol. The van der Waals surface area contributed by atoms with Crippen LogP contribution in [0.4, 0.5) is 0 Å². The number of nitrogens with two attached hydrogens (primary N) is 2. The van der Waals surface area contributed by atoms with Crippen molar-refractivity contribution in [3.05, 3.63) is 59.1 Å². The molecule has 2 amide bonds. The number of unbranched alkanes of at least 4 members (excludes halogenated alkanes) is 1. The lowest BCUT2D eigenvalue weighted by Gasteiger charge is -2.64. The molecule has 10 atom stereocenters. The van der Waals surface area contributed by atoms with Gasteiger partial charge in [-0.3, -0.25) is 24.0 Å². The van der Waals surface area contributed by atoms with Crippen LogP contribution in [0.3, 0.4) is 0 Å². The van der Waals surface area contributed by atoms with E-state index in [0.29, 0.717) is 48.2 Å². The summed E-state index contributed by atoms with van der Waals surface area (Å²) in [6.45, 7) is 11.9. The highest BCUT2D eigenvalue weighted by atomic mass is 35.5. The number of halogens is 1. The van der Waals surface area contributed by atoms with Crippen LogP contribution in [0.5, 0.6) is 0 Å². The zero-order chi connectivity index (χ0) is 42.5. The molecule has 1 heterocycles. The summed E-state index contributed by atoms with van der Waals surface area (Å²) in [5.74, 6) is -3.27. The lowest BCUT2D eigenvalue weighted by atomic mass is 9.43. The van der Waals surface area contributed by atoms with Crippen molar-refractivity contribution in [2.75, 3.05) is 13.1 Å². The third-order valence-corrected chi connectivity index (χ3v) is 13.4. The Balaban J connectivity index is 1.14. The van der Waals surface area contributed by atoms with Crippen molar-refractivity contribution in [1.29, 1.82) is 0 Å². The van der Waals surface area contributed by atoms with Crippen LogP contribution in [-0.4, -0.2) is 84.4 Å². The van der Waals surface area contributed by atoms with E-state index in [1.165, 1.54) is 6.92 Å². The van der Waals surface area contributed by atoms with Crippen molar-refractivity contribution < 1.29 is 38.4 Å². The average molecular weight is 821 g/mol. The second kappa shape index (κ2) is 19.3. The Bertz CT molecular complexity index is 1790. The molecule has 0 radical (unpaired) electrons. The van der Waals surface area contributed by atoms with Crippen LogP contribution in [-0.2, 0) is 28.5 Å². The van der Waals surface area contributed by atoms with Gasteiger partial charge in [0.25, 0.3) is 0 Å². The Labute approximate surface area is 348 Å². The Morgan fingerprint density at radius 1 is 0.862 bits per heavy atom. The topological polar surface area (TPSA) is 200 Å². The lowest BCUT2D eigenvalue weighted by molar-refractivity contribution is -0.199. The van der Waals surface area contributed by atoms with Crippen LogP contribution in [0.1, 0.15) is 103 Å². The third-order valence-electron chi connectivity index (χ3n) is 13.2. The summed E-state index contributed by atoms with van der Waals surface area (Å²) in [5.41, 5.74) is 13.7. The van der Waals surface area contributed by atoms with E-state index in [-0.39, 0.29) is 54.7 Å². The molecule has 316 valence electrons. The number of amides is 2. The van der Waals surface area contributed by atoms with Gasteiger partial charge >= 0.3 is 7.12 Å². The number of Topliss-reactive ketones (excluding diaryl/α,β-unsaturated/α-hetero) is 3. The molecule has 2 aromatic rings. The van der Waals surface area contributed by atoms with Gasteiger partial charge in [0.1, 0.15) is 6.04 Å². The Kier molecular flexibility index (Phi) is 15.2. The number of benzene rings is 2. The van der Waals surface area contributed by atoms with Crippen molar-refractivity contribution >= 4 is 47.9 Å². The summed E-state index contributed by atoms with van der Waals surface area (Å²) >= 11 is 6.00. The summed E-state index contributed by atoms with van der Waals surface area (Å²) < 4.78 is 13.0. The van der Waals surface area contributed by atoms with Crippen molar-refractivity contribution in [2.24, 2.45) is 40.6 Å². The molecule has 3 saturated carbocycles. The van der Waals surface area contributed by atoms with Crippen molar-refractivity contribution in [1.82, 2.24) is 10.6 Å². The Hall–Kier alpha value is -3.46. The number of carbonyl (C=O) groups is 5. The molecule has 4 aliphatic rings. The number of aliphatic hydroxyl groups is 1. The fourth-order valence-corrected chi connectivity index (χ4v) is 9.32. The van der Waals surface area contributed by atoms with Crippen LogP contribution in [0.2, 0.25) is 10.8 Å². The Morgan fingerprint density at radius 2 is 1.50 bits per heavy atom. The van der Waals surface area contributed by atoms with Crippen LogP contribution < -0.4 is 22.1 Å². The average Bonchev–Trinajstić information content (AvgIpc) is 3.56. The molecule has 3 aliphatic carbocycles. The molecule has 1 aliphatic heterocycles. The van der Waals surface area contributed by atoms with Gasteiger partial charge in [0.05, 0.1) is 29.8 Å². The highest BCUT2D eigenvalue weighted by Gasteiger charge is 2.68. The van der Waals surface area contributed by atoms with Crippen molar-refractivity contribution in [3.8, 4) is 11.1 Å². The van der Waals surface area contributed by atoms with Gasteiger partial charge in [-0.1, -0.05) is 75.7 Å². The molecule has 2 aromatic carbocycles. The predicted octanol–water partition coefficient (Wildman–Crippen LogP) is 5.31. The van der Waals surface area contributed by atoms with E-state index in [4.69, 9.17) is 32.4 Å². The molecule has 12 nitrogen and oxygen atoms in total. The maximum absolute atomic E-state index is 13.8. The van der Waals surface area contributed by atoms with E-state index in [0.717, 1.165) is 24.0 Å². The van der Waals surface area contributed by atoms with Gasteiger partial charge in [-0.25, -0.2) is 0 Å². The number of rotatable bonds is 21. The molecule has 58 heavy (non-hydrogen) atoms. The molecule has 1 saturated heterocycles. The number of aliphatic hydroxyl groups excluding tert-OH is 1. The highest BCUT2D eigenvalue weighted by Crippen LogP contribution is 2.66. The van der Waals surface area contributed by atoms with Gasteiger partial charge in [-0.2, -0.15) is 0 Å². The van der Waals surface area contributed by atoms with Gasteiger partial charge in [0, 0.05) is 42.3 Å². The molecule has 1 unspecified atom stereocenters. The second-order valence-corrected chi connectivity index (χ2v) is 18.2. The summed E-state index contributed by atoms with van der Waals surface area (Å²) in [6, 6.07) is 12.1. The first-order valence-corrected chi connectivity index (χ1v) is 21.2. The van der Waals surface area contributed by atoms with Crippen LogP contribution >= 0.6 is 11.6 Å². The molecule has 4 fully saturated rings. The SMILES string of the molecule is C[C@H](CC(=O)[C@H](CCCCN)NC(=O)[C@H](C)CC(=O)[C@@H](NC(=O)[C@H](CN)CC(=O)c1ccc(-c2ccc(Cl)cc2)cc1)[C@@H](C)O)B1OC2C[C@@H]3C[C@@H](C3(C)C)[C@]2(C)O1. The molecule has 14 heteroatoms. The normalized spacial score (nSPS) is 24.9. The predicted molar refractivity (Wildman–Crippen MR) is 225 cm³/mol. The van der Waals surface area contributed by atoms with Gasteiger partial charge in [0.15, 0.2) is 17.3 Å². The molecule has 2 bridgehead atoms. The fourth-order valence-electron chi connectivity index (χ4n) is 9.20. The highest BCUT2D eigenvalue weighted by molar-refractivity contribution is 6.47. The first-order chi connectivity index (χ1) is 27.4. The summed E-state index contributed by atoms with van der Waals surface area (Å²) in [6.07, 6.45) is 2.08. The molecule has 0 spiro atoms. The second-order valence-electron chi connectivity index (χ2n) is 17.8. The molecule has 6 rings (SSSR count). The summed E-state index contributed by atoms with van der Waals surface area (Å²) in [5, 5.41) is 16.6. The fraction of sp³-hybridized carbons (Fsp3) is 0.614. The zero-order valence-electron chi connectivity index (χ0n) is 34.8. The Morgan fingerprint density at radius 3 is 2.09 bits per heavy atom. The zero-order valence-corrected chi connectivity index (χ0v) is 35.6. The van der Waals surface area contributed by atoms with E-state index in [2.05, 4.69) is 31.4 Å². The van der Waals surface area contributed by atoms with Gasteiger partial charge < -0.3 is 36.5 Å². The third kappa shape index (κ3) is 10.3. The number of carbonyl (C=O) groups excluding carboxylic acids is 5. The molecule has 7 N–H and O–H groups in total. The van der Waals surface area contributed by atoms with E-state index in [1.54, 1.807) is 43.3 Å². The van der Waals surface area contributed by atoms with Crippen molar-refractivity contribution in [3.63, 3.8) is 0 Å². The minimum Gasteiger partial charge on any atom is -0.405 e. The van der Waals surface area contributed by atoms with Gasteiger partial charge in [-0.15, -0.1) is 0 Å². The van der Waals surface area contributed by atoms with E-state index >= 15 is 0 Å². The first-order valence-electron chi connectivity index (χ1n) is 20.9. The number of ketones is 3. The first kappa shape index (κ1) is 45.6. The lowest BCUT2D eigenvalue weighted by Crippen LogP contribution is -2.65. The summed E-state index contributed by atoms with van der Waals surface area (Å²) in [4.78, 5) is 67.3.